The first kappa shape index (κ1) is 19.1. The molecule has 3 N–H and O–H groups in total. The first-order valence-corrected chi connectivity index (χ1v) is 9.44. The van der Waals surface area contributed by atoms with Gasteiger partial charge in [0.2, 0.25) is 10.0 Å². The van der Waals surface area contributed by atoms with E-state index in [0.717, 1.165) is 6.07 Å². The van der Waals surface area contributed by atoms with E-state index in [1.165, 1.54) is 18.2 Å². The smallest absolute Gasteiger partial charge is 0.404 e. The Morgan fingerprint density at radius 1 is 1.28 bits per heavy atom. The molecule has 0 unspecified atom stereocenters. The van der Waals surface area contributed by atoms with E-state index in [1.807, 2.05) is 0 Å². The summed E-state index contributed by atoms with van der Waals surface area (Å²) < 4.78 is 27.6. The van der Waals surface area contributed by atoms with Crippen LogP contribution < -0.4 is 10.0 Å². The van der Waals surface area contributed by atoms with Crippen LogP contribution in [0.1, 0.15) is 32.6 Å². The largest absolute Gasteiger partial charge is 0.465 e. The van der Waals surface area contributed by atoms with Gasteiger partial charge >= 0.3 is 6.09 Å². The number of rotatable bonds is 6. The summed E-state index contributed by atoms with van der Waals surface area (Å²) in [5, 5.41) is 22.2. The van der Waals surface area contributed by atoms with E-state index in [4.69, 9.17) is 5.11 Å². The average Bonchev–Trinajstić information content (AvgIpc) is 2.54. The van der Waals surface area contributed by atoms with Gasteiger partial charge < -0.3 is 10.4 Å². The fraction of sp³-hybridized carbons (Fsp3) is 0.533. The van der Waals surface area contributed by atoms with E-state index in [0.29, 0.717) is 25.7 Å². The molecule has 1 aliphatic carbocycles. The Labute approximate surface area is 145 Å². The lowest BCUT2D eigenvalue weighted by Gasteiger charge is -2.32. The first-order chi connectivity index (χ1) is 11.7. The molecule has 138 valence electrons. The number of carboxylic acid groups (broad SMARTS) is 1. The fourth-order valence-electron chi connectivity index (χ4n) is 3.18. The van der Waals surface area contributed by atoms with Gasteiger partial charge in [0.05, 0.1) is 4.92 Å². The summed E-state index contributed by atoms with van der Waals surface area (Å²) in [6.45, 7) is 1.72. The highest BCUT2D eigenvalue weighted by Crippen LogP contribution is 2.29. The first-order valence-electron chi connectivity index (χ1n) is 7.96. The number of nitrogens with zero attached hydrogens (tertiary/aromatic N) is 1. The maximum absolute atomic E-state index is 12.5. The van der Waals surface area contributed by atoms with Gasteiger partial charge in [-0.25, -0.2) is 17.9 Å². The molecule has 0 saturated heterocycles. The van der Waals surface area contributed by atoms with Crippen molar-refractivity contribution in [2.75, 3.05) is 0 Å². The molecule has 0 bridgehead atoms. The summed E-state index contributed by atoms with van der Waals surface area (Å²) in [5.74, 6) is 0.0457. The van der Waals surface area contributed by atoms with Crippen molar-refractivity contribution in [3.8, 4) is 0 Å². The Morgan fingerprint density at radius 2 is 1.88 bits per heavy atom. The SMILES string of the molecule is C[C@H](NS(=O)(=O)c1ccccc1[N+](=O)[O-])C1CCC(NC(=O)O)CC1. The molecular weight excluding hydrogens is 350 g/mol. The van der Waals surface area contributed by atoms with Crippen molar-refractivity contribution in [1.29, 1.82) is 0 Å². The molecular formula is C15H21N3O6S. The lowest BCUT2D eigenvalue weighted by molar-refractivity contribution is -0.387. The van der Waals surface area contributed by atoms with Crippen LogP contribution in [0, 0.1) is 16.0 Å². The number of amides is 1. The van der Waals surface area contributed by atoms with E-state index >= 15 is 0 Å². The quantitative estimate of drug-likeness (QED) is 0.517. The lowest BCUT2D eigenvalue weighted by Crippen LogP contribution is -2.43. The van der Waals surface area contributed by atoms with E-state index in [-0.39, 0.29) is 16.9 Å². The van der Waals surface area contributed by atoms with Crippen molar-refractivity contribution in [2.45, 2.75) is 49.6 Å². The molecule has 0 heterocycles. The zero-order valence-electron chi connectivity index (χ0n) is 13.7. The zero-order valence-corrected chi connectivity index (χ0v) is 14.5. The van der Waals surface area contributed by atoms with Crippen LogP contribution in [0.15, 0.2) is 29.2 Å². The van der Waals surface area contributed by atoms with Crippen LogP contribution in [0.5, 0.6) is 0 Å². The monoisotopic (exact) mass is 371 g/mol. The molecule has 1 atom stereocenters. The topological polar surface area (TPSA) is 139 Å². The van der Waals surface area contributed by atoms with Gasteiger partial charge in [-0.1, -0.05) is 12.1 Å². The standard InChI is InChI=1S/C15H21N3O6S/c1-10(11-6-8-12(9-7-11)16-15(19)20)17-25(23,24)14-5-3-2-4-13(14)18(21)22/h2-5,10-12,16-17H,6-9H2,1H3,(H,19,20)/t10-,11?,12?/m0/s1. The number of hydrogen-bond donors (Lipinski definition) is 3. The van der Waals surface area contributed by atoms with Crippen LogP contribution in [0.25, 0.3) is 0 Å². The molecule has 0 spiro atoms. The summed E-state index contributed by atoms with van der Waals surface area (Å²) in [4.78, 5) is 20.6. The highest BCUT2D eigenvalue weighted by atomic mass is 32.2. The summed E-state index contributed by atoms with van der Waals surface area (Å²) in [7, 11) is -4.02. The number of benzene rings is 1. The Bertz CT molecular complexity index is 743. The maximum atomic E-state index is 12.5. The Morgan fingerprint density at radius 3 is 2.44 bits per heavy atom. The van der Waals surface area contributed by atoms with Crippen molar-refractivity contribution < 1.29 is 23.2 Å². The van der Waals surface area contributed by atoms with Crippen LogP contribution in [-0.4, -0.2) is 36.6 Å². The number of nitro groups is 1. The van der Waals surface area contributed by atoms with E-state index in [2.05, 4.69) is 10.0 Å². The van der Waals surface area contributed by atoms with Crippen molar-refractivity contribution in [2.24, 2.45) is 5.92 Å². The number of para-hydroxylation sites is 1. The van der Waals surface area contributed by atoms with Gasteiger partial charge in [0, 0.05) is 18.2 Å². The molecule has 1 aliphatic rings. The average molecular weight is 371 g/mol. The predicted molar refractivity (Wildman–Crippen MR) is 89.8 cm³/mol. The molecule has 1 aromatic carbocycles. The summed E-state index contributed by atoms with van der Waals surface area (Å²) >= 11 is 0. The number of nitro benzene ring substituents is 1. The minimum absolute atomic E-state index is 0.0457. The summed E-state index contributed by atoms with van der Waals surface area (Å²) in [6, 6.07) is 4.69. The maximum Gasteiger partial charge on any atom is 0.404 e. The summed E-state index contributed by atoms with van der Waals surface area (Å²) in [6.07, 6.45) is 1.55. The van der Waals surface area contributed by atoms with Crippen LogP contribution in [0.4, 0.5) is 10.5 Å². The van der Waals surface area contributed by atoms with Gasteiger partial charge in [0.25, 0.3) is 5.69 Å². The minimum Gasteiger partial charge on any atom is -0.465 e. The molecule has 9 nitrogen and oxygen atoms in total. The van der Waals surface area contributed by atoms with E-state index in [9.17, 15) is 23.3 Å². The Hall–Kier alpha value is -2.20. The van der Waals surface area contributed by atoms with Gasteiger partial charge in [-0.2, -0.15) is 0 Å². The molecule has 0 aliphatic heterocycles. The fourth-order valence-corrected chi connectivity index (χ4v) is 4.66. The molecule has 1 amide bonds. The van der Waals surface area contributed by atoms with Crippen LogP contribution in [-0.2, 0) is 10.0 Å². The third-order valence-electron chi connectivity index (χ3n) is 4.50. The van der Waals surface area contributed by atoms with Crippen molar-refractivity contribution in [3.05, 3.63) is 34.4 Å². The number of carbonyl (C=O) groups is 1. The highest BCUT2D eigenvalue weighted by molar-refractivity contribution is 7.89. The molecule has 10 heteroatoms. The van der Waals surface area contributed by atoms with Crippen LogP contribution in [0.2, 0.25) is 0 Å². The molecule has 0 aromatic heterocycles. The third-order valence-corrected chi connectivity index (χ3v) is 6.11. The summed E-state index contributed by atoms with van der Waals surface area (Å²) in [5.41, 5.74) is -0.462. The van der Waals surface area contributed by atoms with Gasteiger partial charge in [-0.15, -0.1) is 0 Å². The second kappa shape index (κ2) is 7.79. The lowest BCUT2D eigenvalue weighted by atomic mass is 9.82. The Balaban J connectivity index is 2.04. The molecule has 0 radical (unpaired) electrons. The van der Waals surface area contributed by atoms with Crippen molar-refractivity contribution in [3.63, 3.8) is 0 Å². The van der Waals surface area contributed by atoms with Crippen molar-refractivity contribution >= 4 is 21.8 Å². The van der Waals surface area contributed by atoms with E-state index < -0.39 is 32.8 Å². The second-order valence-electron chi connectivity index (χ2n) is 6.20. The second-order valence-corrected chi connectivity index (χ2v) is 7.88. The minimum atomic E-state index is -4.02. The number of nitrogens with one attached hydrogen (secondary N) is 2. The van der Waals surface area contributed by atoms with Gasteiger partial charge in [-0.05, 0) is 44.6 Å². The van der Waals surface area contributed by atoms with Crippen LogP contribution >= 0.6 is 0 Å². The van der Waals surface area contributed by atoms with Crippen molar-refractivity contribution in [1.82, 2.24) is 10.0 Å². The molecule has 1 fully saturated rings. The zero-order chi connectivity index (χ0) is 18.6. The Kier molecular flexibility index (Phi) is 5.96. The third kappa shape index (κ3) is 4.89. The van der Waals surface area contributed by atoms with E-state index in [1.54, 1.807) is 6.92 Å². The molecule has 25 heavy (non-hydrogen) atoms. The molecule has 1 aromatic rings. The number of sulfonamides is 1. The van der Waals surface area contributed by atoms with Crippen LogP contribution in [0.3, 0.4) is 0 Å². The van der Waals surface area contributed by atoms with Gasteiger partial charge in [0.15, 0.2) is 4.90 Å². The highest BCUT2D eigenvalue weighted by Gasteiger charge is 2.31. The molecule has 1 saturated carbocycles. The van der Waals surface area contributed by atoms with Gasteiger partial charge in [0.1, 0.15) is 0 Å². The number of hydrogen-bond acceptors (Lipinski definition) is 5. The van der Waals surface area contributed by atoms with Gasteiger partial charge in [-0.3, -0.25) is 10.1 Å². The normalized spacial score (nSPS) is 22.1. The molecule has 2 rings (SSSR count). The predicted octanol–water partition coefficient (Wildman–Crippen LogP) is 2.09.